The Morgan fingerprint density at radius 1 is 1.17 bits per heavy atom. The smallest absolute Gasteiger partial charge is 0.251 e. The first kappa shape index (κ1) is 26.3. The Bertz CT molecular complexity index is 850. The van der Waals surface area contributed by atoms with Crippen molar-refractivity contribution >= 4 is 64.9 Å². The Kier molecular flexibility index (Phi) is 12.5. The second-order valence-corrected chi connectivity index (χ2v) is 6.97. The number of aliphatic imine (C=N–C) groups is 1. The first-order chi connectivity index (χ1) is 14.0. The first-order valence-electron chi connectivity index (χ1n) is 9.41. The summed E-state index contributed by atoms with van der Waals surface area (Å²) in [5, 5.41) is 13.3. The average Bonchev–Trinajstić information content (AvgIpc) is 2.72. The molecule has 0 unspecified atom stereocenters. The number of rotatable bonds is 9. The van der Waals surface area contributed by atoms with Crippen LogP contribution < -0.4 is 21.3 Å². The van der Waals surface area contributed by atoms with E-state index in [4.69, 9.17) is 23.2 Å². The maximum Gasteiger partial charge on any atom is 0.251 e. The van der Waals surface area contributed by atoms with Crippen LogP contribution in [0.1, 0.15) is 22.8 Å². The van der Waals surface area contributed by atoms with E-state index in [-0.39, 0.29) is 29.9 Å². The molecule has 1 amide bonds. The van der Waals surface area contributed by atoms with Crippen molar-refractivity contribution in [2.75, 3.05) is 38.5 Å². The van der Waals surface area contributed by atoms with E-state index in [2.05, 4.69) is 31.2 Å². The van der Waals surface area contributed by atoms with Crippen LogP contribution in [0.5, 0.6) is 0 Å². The van der Waals surface area contributed by atoms with Crippen LogP contribution in [-0.2, 0) is 6.42 Å². The summed E-state index contributed by atoms with van der Waals surface area (Å²) >= 11 is 11.9. The third kappa shape index (κ3) is 8.93. The predicted molar refractivity (Wildman–Crippen MR) is 136 cm³/mol. The number of nitrogens with zero attached hydrogens (tertiary/aromatic N) is 2. The largest absolute Gasteiger partial charge is 0.367 e. The van der Waals surface area contributed by atoms with Crippen LogP contribution in [0.25, 0.3) is 0 Å². The average molecular weight is 565 g/mol. The highest BCUT2D eigenvalue weighted by Gasteiger charge is 2.04. The standard InChI is InChI=1S/C20H26Cl2N6O.HI/c1-3-24-20(27-10-9-25-18-17(22)12-16(21)13-28-18)26-8-7-14-5-4-6-15(11-14)19(29)23-2;/h4-6,11-13H,3,7-10H2,1-2H3,(H,23,29)(H,25,28)(H2,24,26,27);1H. The molecule has 10 heteroatoms. The van der Waals surface area contributed by atoms with Gasteiger partial charge in [0, 0.05) is 45.0 Å². The zero-order chi connectivity index (χ0) is 21.1. The lowest BCUT2D eigenvalue weighted by Gasteiger charge is -2.12. The minimum Gasteiger partial charge on any atom is -0.367 e. The van der Waals surface area contributed by atoms with Gasteiger partial charge in [0.2, 0.25) is 0 Å². The lowest BCUT2D eigenvalue weighted by molar-refractivity contribution is 0.0963. The minimum atomic E-state index is -0.0897. The van der Waals surface area contributed by atoms with E-state index in [1.165, 1.54) is 0 Å². The number of nitrogens with one attached hydrogen (secondary N) is 4. The molecule has 7 nitrogen and oxygen atoms in total. The highest BCUT2D eigenvalue weighted by Crippen LogP contribution is 2.21. The number of hydrogen-bond acceptors (Lipinski definition) is 4. The molecule has 30 heavy (non-hydrogen) atoms. The molecule has 4 N–H and O–H groups in total. The fraction of sp³-hybridized carbons (Fsp3) is 0.350. The molecule has 1 aromatic heterocycles. The molecular weight excluding hydrogens is 538 g/mol. The molecule has 0 saturated heterocycles. The number of guanidine groups is 1. The van der Waals surface area contributed by atoms with Crippen molar-refractivity contribution in [3.05, 3.63) is 57.7 Å². The highest BCUT2D eigenvalue weighted by molar-refractivity contribution is 14.0. The number of carbonyl (C=O) groups is 1. The first-order valence-corrected chi connectivity index (χ1v) is 10.2. The number of benzene rings is 1. The molecule has 0 aliphatic heterocycles. The van der Waals surface area contributed by atoms with Gasteiger partial charge in [-0.3, -0.25) is 9.79 Å². The van der Waals surface area contributed by atoms with E-state index in [1.54, 1.807) is 25.4 Å². The SMILES string of the molecule is CCNC(=NCCc1cccc(C(=O)NC)c1)NCCNc1ncc(Cl)cc1Cl.I. The Labute approximate surface area is 204 Å². The van der Waals surface area contributed by atoms with Gasteiger partial charge in [-0.05, 0) is 37.1 Å². The van der Waals surface area contributed by atoms with Crippen LogP contribution in [0.2, 0.25) is 10.0 Å². The van der Waals surface area contributed by atoms with Crippen molar-refractivity contribution in [2.24, 2.45) is 4.99 Å². The summed E-state index contributed by atoms with van der Waals surface area (Å²) in [4.78, 5) is 20.5. The van der Waals surface area contributed by atoms with Gasteiger partial charge in [-0.1, -0.05) is 35.3 Å². The fourth-order valence-corrected chi connectivity index (χ4v) is 3.00. The number of anilines is 1. The van der Waals surface area contributed by atoms with Crippen molar-refractivity contribution in [3.8, 4) is 0 Å². The highest BCUT2D eigenvalue weighted by atomic mass is 127. The molecule has 2 rings (SSSR count). The second-order valence-electron chi connectivity index (χ2n) is 6.13. The number of aromatic nitrogens is 1. The zero-order valence-electron chi connectivity index (χ0n) is 17.0. The van der Waals surface area contributed by atoms with Crippen LogP contribution in [0.15, 0.2) is 41.5 Å². The summed E-state index contributed by atoms with van der Waals surface area (Å²) in [5.41, 5.74) is 1.72. The molecular formula is C20H27Cl2IN6O. The van der Waals surface area contributed by atoms with Gasteiger partial charge in [-0.25, -0.2) is 4.98 Å². The summed E-state index contributed by atoms with van der Waals surface area (Å²) in [5.74, 6) is 1.23. The van der Waals surface area contributed by atoms with E-state index in [0.717, 1.165) is 24.5 Å². The van der Waals surface area contributed by atoms with Gasteiger partial charge >= 0.3 is 0 Å². The van der Waals surface area contributed by atoms with Crippen molar-refractivity contribution in [2.45, 2.75) is 13.3 Å². The van der Waals surface area contributed by atoms with Crippen molar-refractivity contribution in [1.29, 1.82) is 0 Å². The number of amides is 1. The third-order valence-electron chi connectivity index (χ3n) is 3.95. The summed E-state index contributed by atoms with van der Waals surface area (Å²) in [6.07, 6.45) is 2.29. The predicted octanol–water partition coefficient (Wildman–Crippen LogP) is 3.58. The Hall–Kier alpha value is -1.78. The minimum absolute atomic E-state index is 0. The molecule has 1 heterocycles. The quantitative estimate of drug-likeness (QED) is 0.162. The Morgan fingerprint density at radius 3 is 2.67 bits per heavy atom. The molecule has 0 fully saturated rings. The molecule has 0 radical (unpaired) electrons. The molecule has 2 aromatic rings. The summed E-state index contributed by atoms with van der Waals surface area (Å²) in [6, 6.07) is 9.22. The monoisotopic (exact) mass is 564 g/mol. The number of hydrogen-bond donors (Lipinski definition) is 4. The molecule has 0 aliphatic rings. The van der Waals surface area contributed by atoms with E-state index in [1.807, 2.05) is 25.1 Å². The van der Waals surface area contributed by atoms with Gasteiger partial charge in [0.1, 0.15) is 5.82 Å². The lowest BCUT2D eigenvalue weighted by atomic mass is 10.1. The summed E-state index contributed by atoms with van der Waals surface area (Å²) in [7, 11) is 1.62. The second kappa shape index (κ2) is 14.3. The maximum atomic E-state index is 11.7. The summed E-state index contributed by atoms with van der Waals surface area (Å²) in [6.45, 7) is 4.63. The van der Waals surface area contributed by atoms with Crippen LogP contribution in [0.4, 0.5) is 5.82 Å². The Balaban J connectivity index is 0.00000450. The lowest BCUT2D eigenvalue weighted by Crippen LogP contribution is -2.39. The van der Waals surface area contributed by atoms with Crippen LogP contribution in [0, 0.1) is 0 Å². The molecule has 164 valence electrons. The van der Waals surface area contributed by atoms with Crippen molar-refractivity contribution in [1.82, 2.24) is 20.9 Å². The maximum absolute atomic E-state index is 11.7. The van der Waals surface area contributed by atoms with Crippen molar-refractivity contribution < 1.29 is 4.79 Å². The Morgan fingerprint density at radius 2 is 1.97 bits per heavy atom. The number of carbonyl (C=O) groups excluding carboxylic acids is 1. The van der Waals surface area contributed by atoms with Gasteiger partial charge in [0.25, 0.3) is 5.91 Å². The molecule has 0 aliphatic carbocycles. The molecule has 0 atom stereocenters. The molecule has 0 spiro atoms. The third-order valence-corrected chi connectivity index (χ3v) is 4.44. The van der Waals surface area contributed by atoms with Gasteiger partial charge in [-0.2, -0.15) is 0 Å². The van der Waals surface area contributed by atoms with Crippen LogP contribution in [-0.4, -0.2) is 50.1 Å². The summed E-state index contributed by atoms with van der Waals surface area (Å²) < 4.78 is 0. The molecule has 0 bridgehead atoms. The van der Waals surface area contributed by atoms with Gasteiger partial charge < -0.3 is 21.3 Å². The van der Waals surface area contributed by atoms with Crippen LogP contribution >= 0.6 is 47.2 Å². The number of halogens is 3. The van der Waals surface area contributed by atoms with Gasteiger partial charge in [0.15, 0.2) is 5.96 Å². The topological polar surface area (TPSA) is 90.4 Å². The van der Waals surface area contributed by atoms with E-state index in [9.17, 15) is 4.79 Å². The number of pyridine rings is 1. The fourth-order valence-electron chi connectivity index (χ4n) is 2.56. The van der Waals surface area contributed by atoms with Crippen LogP contribution in [0.3, 0.4) is 0 Å². The zero-order valence-corrected chi connectivity index (χ0v) is 20.8. The van der Waals surface area contributed by atoms with Gasteiger partial charge in [0.05, 0.1) is 10.0 Å². The van der Waals surface area contributed by atoms with Gasteiger partial charge in [-0.15, -0.1) is 24.0 Å². The molecule has 0 saturated carbocycles. The normalized spacial score (nSPS) is 10.7. The van der Waals surface area contributed by atoms with E-state index < -0.39 is 0 Å². The molecule has 1 aromatic carbocycles. The van der Waals surface area contributed by atoms with E-state index >= 15 is 0 Å². The van der Waals surface area contributed by atoms with Crippen molar-refractivity contribution in [3.63, 3.8) is 0 Å². The van der Waals surface area contributed by atoms with E-state index in [0.29, 0.717) is 41.1 Å².